The van der Waals surface area contributed by atoms with Gasteiger partial charge in [-0.15, -0.1) is 0 Å². The van der Waals surface area contributed by atoms with Crippen molar-refractivity contribution in [2.75, 3.05) is 13.1 Å². The molecule has 1 saturated heterocycles. The lowest BCUT2D eigenvalue weighted by atomic mass is 10.1. The maximum absolute atomic E-state index is 12.1. The van der Waals surface area contributed by atoms with Crippen LogP contribution in [0, 0.1) is 11.8 Å². The highest BCUT2D eigenvalue weighted by Crippen LogP contribution is 2.19. The largest absolute Gasteiger partial charge is 0.352 e. The van der Waals surface area contributed by atoms with Gasteiger partial charge in [0, 0.05) is 38.4 Å². The van der Waals surface area contributed by atoms with E-state index in [-0.39, 0.29) is 17.7 Å². The Morgan fingerprint density at radius 2 is 2.35 bits per heavy atom. The van der Waals surface area contributed by atoms with Gasteiger partial charge in [-0.25, -0.2) is 0 Å². The van der Waals surface area contributed by atoms with Gasteiger partial charge in [-0.1, -0.05) is 19.9 Å². The van der Waals surface area contributed by atoms with Crippen molar-refractivity contribution in [2.24, 2.45) is 11.8 Å². The third-order valence-corrected chi connectivity index (χ3v) is 3.36. The maximum atomic E-state index is 12.1. The summed E-state index contributed by atoms with van der Waals surface area (Å²) < 4.78 is 0. The summed E-state index contributed by atoms with van der Waals surface area (Å²) in [5, 5.41) is 2.88. The molecular formula is C15H21N3O2. The second-order valence-electron chi connectivity index (χ2n) is 5.67. The molecule has 0 bridgehead atoms. The number of carbonyl (C=O) groups is 2. The van der Waals surface area contributed by atoms with Gasteiger partial charge in [0.2, 0.25) is 11.8 Å². The van der Waals surface area contributed by atoms with Crippen molar-refractivity contribution in [3.63, 3.8) is 0 Å². The van der Waals surface area contributed by atoms with Crippen LogP contribution in [-0.4, -0.2) is 34.8 Å². The number of hydrogen-bond donors (Lipinski definition) is 1. The maximum Gasteiger partial charge on any atom is 0.225 e. The lowest BCUT2D eigenvalue weighted by Crippen LogP contribution is -2.33. The Kier molecular flexibility index (Phi) is 4.71. The van der Waals surface area contributed by atoms with Gasteiger partial charge in [0.15, 0.2) is 0 Å². The number of amides is 2. The molecule has 1 aliphatic rings. The molecule has 0 radical (unpaired) electrons. The first-order chi connectivity index (χ1) is 9.56. The summed E-state index contributed by atoms with van der Waals surface area (Å²) in [6.07, 6.45) is 3.75. The highest BCUT2D eigenvalue weighted by atomic mass is 16.2. The highest BCUT2D eigenvalue weighted by Gasteiger charge is 2.34. The molecule has 0 aliphatic carbocycles. The van der Waals surface area contributed by atoms with Crippen molar-refractivity contribution in [1.29, 1.82) is 0 Å². The topological polar surface area (TPSA) is 62.3 Å². The zero-order valence-electron chi connectivity index (χ0n) is 12.0. The van der Waals surface area contributed by atoms with Crippen molar-refractivity contribution < 1.29 is 9.59 Å². The van der Waals surface area contributed by atoms with Gasteiger partial charge in [0.1, 0.15) is 0 Å². The summed E-state index contributed by atoms with van der Waals surface area (Å²) in [6.45, 7) is 5.87. The Morgan fingerprint density at radius 3 is 3.00 bits per heavy atom. The van der Waals surface area contributed by atoms with Crippen LogP contribution in [0.15, 0.2) is 24.5 Å². The molecule has 2 amide bonds. The lowest BCUT2D eigenvalue weighted by molar-refractivity contribution is -0.129. The van der Waals surface area contributed by atoms with Crippen molar-refractivity contribution in [2.45, 2.75) is 26.8 Å². The fourth-order valence-electron chi connectivity index (χ4n) is 2.40. The molecule has 1 aromatic heterocycles. The average Bonchev–Trinajstić information content (AvgIpc) is 2.78. The van der Waals surface area contributed by atoms with Crippen molar-refractivity contribution in [3.05, 3.63) is 30.1 Å². The van der Waals surface area contributed by atoms with Gasteiger partial charge >= 0.3 is 0 Å². The molecule has 1 N–H and O–H groups in total. The van der Waals surface area contributed by atoms with Gasteiger partial charge in [0.25, 0.3) is 0 Å². The van der Waals surface area contributed by atoms with Crippen LogP contribution in [0.3, 0.4) is 0 Å². The summed E-state index contributed by atoms with van der Waals surface area (Å²) in [5.74, 6) is 0.239. The first-order valence-electron chi connectivity index (χ1n) is 7.00. The quantitative estimate of drug-likeness (QED) is 0.878. The van der Waals surface area contributed by atoms with Crippen LogP contribution in [0.1, 0.15) is 25.8 Å². The van der Waals surface area contributed by atoms with Crippen LogP contribution >= 0.6 is 0 Å². The summed E-state index contributed by atoms with van der Waals surface area (Å²) in [7, 11) is 0. The molecule has 1 aromatic rings. The van der Waals surface area contributed by atoms with Crippen LogP contribution < -0.4 is 5.32 Å². The van der Waals surface area contributed by atoms with E-state index in [4.69, 9.17) is 0 Å². The second kappa shape index (κ2) is 6.50. The van der Waals surface area contributed by atoms with Gasteiger partial charge in [-0.2, -0.15) is 0 Å². The Hall–Kier alpha value is -1.91. The highest BCUT2D eigenvalue weighted by molar-refractivity contribution is 5.89. The predicted octanol–water partition coefficient (Wildman–Crippen LogP) is 1.20. The molecular weight excluding hydrogens is 254 g/mol. The molecule has 1 unspecified atom stereocenters. The smallest absolute Gasteiger partial charge is 0.225 e. The number of pyridine rings is 1. The van der Waals surface area contributed by atoms with Crippen molar-refractivity contribution in [1.82, 2.24) is 15.2 Å². The summed E-state index contributed by atoms with van der Waals surface area (Å²) in [5.41, 5.74) is 0.962. The Morgan fingerprint density at radius 1 is 1.55 bits per heavy atom. The van der Waals surface area contributed by atoms with E-state index >= 15 is 0 Å². The van der Waals surface area contributed by atoms with Gasteiger partial charge in [-0.05, 0) is 17.5 Å². The molecule has 1 atom stereocenters. The number of carbonyl (C=O) groups excluding carboxylic acids is 2. The lowest BCUT2D eigenvalue weighted by Gasteiger charge is -2.18. The molecule has 5 nitrogen and oxygen atoms in total. The third-order valence-electron chi connectivity index (χ3n) is 3.36. The summed E-state index contributed by atoms with van der Waals surface area (Å²) in [4.78, 5) is 29.7. The zero-order valence-corrected chi connectivity index (χ0v) is 12.0. The standard InChI is InChI=1S/C15H21N3O2/c1-11(2)9-18-10-13(6-14(18)19)15(20)17-8-12-4-3-5-16-7-12/h3-5,7,11,13H,6,8-10H2,1-2H3,(H,17,20). The van der Waals surface area contributed by atoms with Crippen LogP contribution in [-0.2, 0) is 16.1 Å². The normalized spacial score (nSPS) is 18.6. The number of rotatable bonds is 5. The molecule has 108 valence electrons. The number of hydrogen-bond acceptors (Lipinski definition) is 3. The molecule has 1 fully saturated rings. The molecule has 5 heteroatoms. The van der Waals surface area contributed by atoms with Crippen molar-refractivity contribution >= 4 is 11.8 Å². The fraction of sp³-hybridized carbons (Fsp3) is 0.533. The molecule has 0 aromatic carbocycles. The Labute approximate surface area is 119 Å². The second-order valence-corrected chi connectivity index (χ2v) is 5.67. The summed E-state index contributed by atoms with van der Waals surface area (Å²) in [6, 6.07) is 3.75. The van der Waals surface area contributed by atoms with E-state index in [0.717, 1.165) is 12.1 Å². The van der Waals surface area contributed by atoms with Crippen LogP contribution in [0.2, 0.25) is 0 Å². The number of nitrogens with one attached hydrogen (secondary N) is 1. The minimum Gasteiger partial charge on any atom is -0.352 e. The van der Waals surface area contributed by atoms with Gasteiger partial charge in [0.05, 0.1) is 5.92 Å². The SMILES string of the molecule is CC(C)CN1CC(C(=O)NCc2cccnc2)CC1=O. The summed E-state index contributed by atoms with van der Waals surface area (Å²) >= 11 is 0. The third kappa shape index (κ3) is 3.79. The minimum absolute atomic E-state index is 0.0477. The number of aromatic nitrogens is 1. The van der Waals surface area contributed by atoms with E-state index < -0.39 is 0 Å². The Bertz CT molecular complexity index is 473. The molecule has 20 heavy (non-hydrogen) atoms. The van der Waals surface area contributed by atoms with E-state index in [1.807, 2.05) is 12.1 Å². The zero-order chi connectivity index (χ0) is 14.5. The Balaban J connectivity index is 1.83. The number of nitrogens with zero attached hydrogens (tertiary/aromatic N) is 2. The van der Waals surface area contributed by atoms with E-state index in [0.29, 0.717) is 25.4 Å². The van der Waals surface area contributed by atoms with E-state index in [1.165, 1.54) is 0 Å². The molecule has 2 heterocycles. The molecule has 0 saturated carbocycles. The average molecular weight is 275 g/mol. The van der Waals surface area contributed by atoms with E-state index in [2.05, 4.69) is 24.1 Å². The fourth-order valence-corrected chi connectivity index (χ4v) is 2.40. The van der Waals surface area contributed by atoms with Crippen LogP contribution in [0.4, 0.5) is 0 Å². The van der Waals surface area contributed by atoms with E-state index in [9.17, 15) is 9.59 Å². The van der Waals surface area contributed by atoms with E-state index in [1.54, 1.807) is 17.3 Å². The molecule has 1 aliphatic heterocycles. The molecule has 0 spiro atoms. The van der Waals surface area contributed by atoms with Gasteiger partial charge in [-0.3, -0.25) is 14.6 Å². The van der Waals surface area contributed by atoms with Gasteiger partial charge < -0.3 is 10.2 Å². The van der Waals surface area contributed by atoms with Crippen LogP contribution in [0.5, 0.6) is 0 Å². The number of likely N-dealkylation sites (tertiary alicyclic amines) is 1. The monoisotopic (exact) mass is 275 g/mol. The first kappa shape index (κ1) is 14.5. The first-order valence-corrected chi connectivity index (χ1v) is 7.00. The van der Waals surface area contributed by atoms with Crippen LogP contribution in [0.25, 0.3) is 0 Å². The minimum atomic E-state index is -0.224. The molecule has 2 rings (SSSR count). The van der Waals surface area contributed by atoms with Crippen molar-refractivity contribution in [3.8, 4) is 0 Å². The predicted molar refractivity (Wildman–Crippen MR) is 75.6 cm³/mol.